The van der Waals surface area contributed by atoms with Gasteiger partial charge >= 0.3 is 0 Å². The van der Waals surface area contributed by atoms with E-state index in [9.17, 15) is 0 Å². The van der Waals surface area contributed by atoms with Gasteiger partial charge in [0.05, 0.1) is 0 Å². The largest absolute Gasteiger partial charge is 0.294 e. The highest BCUT2D eigenvalue weighted by Crippen LogP contribution is 2.34. The normalized spacial score (nSPS) is 25.7. The first-order valence-corrected chi connectivity index (χ1v) is 9.03. The average Bonchev–Trinajstić information content (AvgIpc) is 3.21. The summed E-state index contributed by atoms with van der Waals surface area (Å²) in [6.45, 7) is 6.87. The zero-order valence-electron chi connectivity index (χ0n) is 13.1. The quantitative estimate of drug-likeness (QED) is 0.863. The molecule has 0 saturated carbocycles. The van der Waals surface area contributed by atoms with Gasteiger partial charge in [0.25, 0.3) is 0 Å². The number of hydrogen-bond donors (Lipinski definition) is 0. The van der Waals surface area contributed by atoms with Gasteiger partial charge in [-0.15, -0.1) is 11.3 Å². The summed E-state index contributed by atoms with van der Waals surface area (Å²) < 4.78 is 0. The second-order valence-corrected chi connectivity index (χ2v) is 7.90. The summed E-state index contributed by atoms with van der Waals surface area (Å²) in [5, 5.41) is 0. The number of fused-ring (bicyclic) bond motifs is 1. The molecule has 0 aliphatic carbocycles. The Labute approximate surface area is 136 Å². The highest BCUT2D eigenvalue weighted by atomic mass is 32.1. The van der Waals surface area contributed by atoms with E-state index in [0.29, 0.717) is 0 Å². The number of nitrogens with zero attached hydrogens (tertiary/aromatic N) is 3. The maximum Gasteiger partial charge on any atom is 0.0331 e. The maximum absolute atomic E-state index is 4.25. The summed E-state index contributed by atoms with van der Waals surface area (Å²) in [7, 11) is 0. The first kappa shape index (κ1) is 14.4. The Kier molecular flexibility index (Phi) is 3.99. The minimum absolute atomic E-state index is 0.737. The Hall–Kier alpha value is -1.23. The lowest BCUT2D eigenvalue weighted by molar-refractivity contribution is 0.213. The second-order valence-electron chi connectivity index (χ2n) is 6.53. The van der Waals surface area contributed by atoms with Gasteiger partial charge in [-0.2, -0.15) is 0 Å². The fourth-order valence-corrected chi connectivity index (χ4v) is 4.97. The number of aromatic nitrogens is 1. The topological polar surface area (TPSA) is 19.4 Å². The van der Waals surface area contributed by atoms with E-state index >= 15 is 0 Å². The Morgan fingerprint density at radius 1 is 1.09 bits per heavy atom. The molecule has 0 radical (unpaired) electrons. The predicted octanol–water partition coefficient (Wildman–Crippen LogP) is 3.30. The van der Waals surface area contributed by atoms with Gasteiger partial charge < -0.3 is 0 Å². The third-order valence-corrected chi connectivity index (χ3v) is 6.06. The predicted molar refractivity (Wildman–Crippen MR) is 90.9 cm³/mol. The number of aryl methyl sites for hydroxylation is 1. The van der Waals surface area contributed by atoms with Gasteiger partial charge in [0.1, 0.15) is 0 Å². The summed E-state index contributed by atoms with van der Waals surface area (Å²) in [5.74, 6) is 0. The van der Waals surface area contributed by atoms with Gasteiger partial charge in [0.15, 0.2) is 0 Å². The lowest BCUT2D eigenvalue weighted by atomic mass is 10.1. The lowest BCUT2D eigenvalue weighted by Crippen LogP contribution is -2.35. The summed E-state index contributed by atoms with van der Waals surface area (Å²) in [6, 6.07) is 10.3. The van der Waals surface area contributed by atoms with Gasteiger partial charge in [-0.3, -0.25) is 14.8 Å². The molecule has 4 rings (SSSR count). The molecule has 116 valence electrons. The van der Waals surface area contributed by atoms with Crippen LogP contribution in [0.2, 0.25) is 0 Å². The average molecular weight is 313 g/mol. The van der Waals surface area contributed by atoms with Crippen LogP contribution in [0.3, 0.4) is 0 Å². The number of hydrogen-bond acceptors (Lipinski definition) is 4. The third-order valence-electron chi connectivity index (χ3n) is 5.07. The SMILES string of the molecule is Cc1ccc(CN2CC[C@H]3[C@H]2CCN3Cc2cccnc2)s1. The van der Waals surface area contributed by atoms with Gasteiger partial charge in [-0.25, -0.2) is 0 Å². The van der Waals surface area contributed by atoms with Crippen molar-refractivity contribution in [3.05, 3.63) is 52.0 Å². The van der Waals surface area contributed by atoms with Crippen LogP contribution < -0.4 is 0 Å². The molecule has 2 aliphatic heterocycles. The molecular weight excluding hydrogens is 290 g/mol. The van der Waals surface area contributed by atoms with Crippen molar-refractivity contribution in [3.8, 4) is 0 Å². The molecule has 22 heavy (non-hydrogen) atoms. The molecule has 3 nitrogen and oxygen atoms in total. The number of likely N-dealkylation sites (tertiary alicyclic amines) is 2. The molecule has 0 aromatic carbocycles. The van der Waals surface area contributed by atoms with Crippen molar-refractivity contribution in [3.63, 3.8) is 0 Å². The Bertz CT molecular complexity index is 624. The van der Waals surface area contributed by atoms with Crippen molar-refractivity contribution < 1.29 is 0 Å². The van der Waals surface area contributed by atoms with Crippen molar-refractivity contribution in [2.45, 2.75) is 44.9 Å². The van der Waals surface area contributed by atoms with Crippen LogP contribution in [0.4, 0.5) is 0 Å². The fraction of sp³-hybridized carbons (Fsp3) is 0.500. The zero-order valence-corrected chi connectivity index (χ0v) is 13.9. The fourth-order valence-electron chi connectivity index (χ4n) is 4.05. The monoisotopic (exact) mass is 313 g/mol. The lowest BCUT2D eigenvalue weighted by Gasteiger charge is -2.25. The van der Waals surface area contributed by atoms with E-state index in [1.54, 1.807) is 0 Å². The standard InChI is InChI=1S/C18H23N3S/c1-14-4-5-16(22-14)13-21-10-7-17-18(21)6-9-20(17)12-15-3-2-8-19-11-15/h2-5,8,11,17-18H,6-7,9-10,12-13H2,1H3/t17-,18+/m0/s1. The van der Waals surface area contributed by atoms with Crippen LogP contribution in [0.1, 0.15) is 28.2 Å². The van der Waals surface area contributed by atoms with E-state index in [1.807, 2.05) is 29.8 Å². The van der Waals surface area contributed by atoms with Crippen LogP contribution in [0.5, 0.6) is 0 Å². The summed E-state index contributed by atoms with van der Waals surface area (Å²) in [6.07, 6.45) is 6.50. The number of pyridine rings is 1. The van der Waals surface area contributed by atoms with Gasteiger partial charge in [-0.05, 0) is 43.5 Å². The molecule has 0 bridgehead atoms. The summed E-state index contributed by atoms with van der Waals surface area (Å²) in [5.41, 5.74) is 1.34. The molecule has 4 heterocycles. The molecule has 2 atom stereocenters. The van der Waals surface area contributed by atoms with Crippen LogP contribution in [0, 0.1) is 6.92 Å². The molecule has 0 N–H and O–H groups in total. The third kappa shape index (κ3) is 2.83. The van der Waals surface area contributed by atoms with Crippen LogP contribution in [-0.2, 0) is 13.1 Å². The molecule has 0 spiro atoms. The van der Waals surface area contributed by atoms with E-state index < -0.39 is 0 Å². The van der Waals surface area contributed by atoms with Crippen molar-refractivity contribution in [2.75, 3.05) is 13.1 Å². The van der Waals surface area contributed by atoms with E-state index in [-0.39, 0.29) is 0 Å². The smallest absolute Gasteiger partial charge is 0.0331 e. The maximum atomic E-state index is 4.25. The van der Waals surface area contributed by atoms with Crippen LogP contribution in [0.15, 0.2) is 36.7 Å². The van der Waals surface area contributed by atoms with E-state index in [4.69, 9.17) is 0 Å². The Balaban J connectivity index is 1.41. The summed E-state index contributed by atoms with van der Waals surface area (Å²) >= 11 is 1.95. The zero-order chi connectivity index (χ0) is 14.9. The molecule has 0 amide bonds. The minimum Gasteiger partial charge on any atom is -0.294 e. The van der Waals surface area contributed by atoms with Gasteiger partial charge in [0.2, 0.25) is 0 Å². The Morgan fingerprint density at radius 2 is 1.86 bits per heavy atom. The van der Waals surface area contributed by atoms with E-state index in [2.05, 4.69) is 39.9 Å². The molecular formula is C18H23N3S. The van der Waals surface area contributed by atoms with Crippen molar-refractivity contribution in [2.24, 2.45) is 0 Å². The number of rotatable bonds is 4. The second kappa shape index (κ2) is 6.11. The first-order chi connectivity index (χ1) is 10.8. The van der Waals surface area contributed by atoms with Crippen LogP contribution in [-0.4, -0.2) is 40.0 Å². The molecule has 2 fully saturated rings. The minimum atomic E-state index is 0.737. The highest BCUT2D eigenvalue weighted by Gasteiger charge is 2.42. The van der Waals surface area contributed by atoms with Crippen molar-refractivity contribution >= 4 is 11.3 Å². The van der Waals surface area contributed by atoms with Crippen molar-refractivity contribution in [1.29, 1.82) is 0 Å². The highest BCUT2D eigenvalue weighted by molar-refractivity contribution is 7.11. The molecule has 2 aliphatic rings. The van der Waals surface area contributed by atoms with Crippen molar-refractivity contribution in [1.82, 2.24) is 14.8 Å². The summed E-state index contributed by atoms with van der Waals surface area (Å²) in [4.78, 5) is 12.6. The van der Waals surface area contributed by atoms with Crippen LogP contribution in [0.25, 0.3) is 0 Å². The molecule has 2 aromatic rings. The molecule has 2 saturated heterocycles. The van der Waals surface area contributed by atoms with Crippen LogP contribution >= 0.6 is 11.3 Å². The number of thiophene rings is 1. The molecule has 2 aromatic heterocycles. The van der Waals surface area contributed by atoms with E-state index in [1.165, 1.54) is 41.2 Å². The van der Waals surface area contributed by atoms with Gasteiger partial charge in [-0.1, -0.05) is 6.07 Å². The van der Waals surface area contributed by atoms with Gasteiger partial charge in [0, 0.05) is 60.4 Å². The molecule has 0 unspecified atom stereocenters. The Morgan fingerprint density at radius 3 is 2.50 bits per heavy atom. The van der Waals surface area contributed by atoms with E-state index in [0.717, 1.165) is 25.2 Å². The first-order valence-electron chi connectivity index (χ1n) is 8.22. The molecule has 4 heteroatoms.